The summed E-state index contributed by atoms with van der Waals surface area (Å²) < 4.78 is 3.77. The lowest BCUT2D eigenvalue weighted by atomic mass is 10.00. The number of anilines is 1. The van der Waals surface area contributed by atoms with E-state index in [1.165, 1.54) is 0 Å². The van der Waals surface area contributed by atoms with E-state index >= 15 is 0 Å². The van der Waals surface area contributed by atoms with Gasteiger partial charge in [0.25, 0.3) is 5.91 Å². The number of amides is 1. The van der Waals surface area contributed by atoms with Gasteiger partial charge in [-0.05, 0) is 38.1 Å². The van der Waals surface area contributed by atoms with Crippen LogP contribution in [0.2, 0.25) is 0 Å². The lowest BCUT2D eigenvalue weighted by Crippen LogP contribution is -2.17. The smallest absolute Gasteiger partial charge is 0.250 e. The first-order chi connectivity index (χ1) is 16.4. The van der Waals surface area contributed by atoms with Crippen molar-refractivity contribution in [2.45, 2.75) is 19.9 Å². The normalized spacial score (nSPS) is 11.3. The summed E-state index contributed by atoms with van der Waals surface area (Å²) in [5.41, 5.74) is 11.3. The second kappa shape index (κ2) is 8.47. The number of fused-ring (bicyclic) bond motifs is 1. The second-order valence-corrected chi connectivity index (χ2v) is 8.52. The molecular weight excluding hydrogens is 426 g/mol. The molecular formula is C26H25N7O. The number of hydrogen-bond donors (Lipinski definition) is 2. The third-order valence-electron chi connectivity index (χ3n) is 5.65. The van der Waals surface area contributed by atoms with E-state index < -0.39 is 5.91 Å². The van der Waals surface area contributed by atoms with Crippen molar-refractivity contribution in [2.24, 2.45) is 12.8 Å². The Kier molecular flexibility index (Phi) is 5.33. The van der Waals surface area contributed by atoms with Gasteiger partial charge in [0.1, 0.15) is 0 Å². The number of primary amides is 1. The molecule has 34 heavy (non-hydrogen) atoms. The first kappa shape index (κ1) is 21.4. The topological polar surface area (TPSA) is 104 Å². The fourth-order valence-corrected chi connectivity index (χ4v) is 4.14. The zero-order valence-corrected chi connectivity index (χ0v) is 19.2. The molecule has 8 heteroatoms. The number of imidazole rings is 1. The van der Waals surface area contributed by atoms with E-state index in [1.807, 2.05) is 68.4 Å². The third-order valence-corrected chi connectivity index (χ3v) is 5.65. The van der Waals surface area contributed by atoms with Crippen molar-refractivity contribution in [1.29, 1.82) is 0 Å². The van der Waals surface area contributed by atoms with Crippen LogP contribution in [0.1, 0.15) is 24.2 Å². The molecule has 5 rings (SSSR count). The summed E-state index contributed by atoms with van der Waals surface area (Å²) in [4.78, 5) is 21.2. The number of carbonyl (C=O) groups excluding carboxylic acids is 1. The second-order valence-electron chi connectivity index (χ2n) is 8.52. The highest BCUT2D eigenvalue weighted by Gasteiger charge is 2.15. The maximum absolute atomic E-state index is 11.9. The number of nitrogens with two attached hydrogens (primary N) is 1. The molecule has 3 heterocycles. The van der Waals surface area contributed by atoms with Crippen LogP contribution in [0.3, 0.4) is 0 Å². The third kappa shape index (κ3) is 3.90. The maximum Gasteiger partial charge on any atom is 0.250 e. The largest absolute Gasteiger partial charge is 0.382 e. The van der Waals surface area contributed by atoms with Crippen molar-refractivity contribution < 1.29 is 4.79 Å². The van der Waals surface area contributed by atoms with Gasteiger partial charge in [-0.25, -0.2) is 4.98 Å². The van der Waals surface area contributed by atoms with E-state index in [4.69, 9.17) is 5.73 Å². The Balaban J connectivity index is 1.61. The van der Waals surface area contributed by atoms with Crippen LogP contribution >= 0.6 is 0 Å². The van der Waals surface area contributed by atoms with Gasteiger partial charge in [0.2, 0.25) is 0 Å². The molecule has 0 atom stereocenters. The molecule has 0 aliphatic carbocycles. The Hall–Kier alpha value is -4.46. The molecule has 0 aliphatic rings. The summed E-state index contributed by atoms with van der Waals surface area (Å²) in [5, 5.41) is 9.60. The van der Waals surface area contributed by atoms with Gasteiger partial charge in [-0.2, -0.15) is 5.10 Å². The summed E-state index contributed by atoms with van der Waals surface area (Å²) in [6.07, 6.45) is 9.35. The van der Waals surface area contributed by atoms with Gasteiger partial charge in [-0.3, -0.25) is 14.5 Å². The van der Waals surface area contributed by atoms with Crippen molar-refractivity contribution in [1.82, 2.24) is 24.3 Å². The van der Waals surface area contributed by atoms with Gasteiger partial charge < -0.3 is 15.6 Å². The number of aromatic nitrogens is 5. The lowest BCUT2D eigenvalue weighted by Gasteiger charge is -2.16. The molecule has 0 saturated carbocycles. The molecule has 8 nitrogen and oxygen atoms in total. The van der Waals surface area contributed by atoms with Crippen LogP contribution in [0, 0.1) is 0 Å². The van der Waals surface area contributed by atoms with E-state index in [9.17, 15) is 4.79 Å². The van der Waals surface area contributed by atoms with Crippen LogP contribution in [-0.4, -0.2) is 36.3 Å². The molecule has 0 spiro atoms. The first-order valence-electron chi connectivity index (χ1n) is 11.0. The maximum atomic E-state index is 11.9. The fraction of sp³-hybridized carbons (Fsp3) is 0.154. The summed E-state index contributed by atoms with van der Waals surface area (Å²) in [5.74, 6) is -0.465. The number of rotatable bonds is 6. The Labute approximate surface area is 197 Å². The molecule has 0 unspecified atom stereocenters. The Morgan fingerprint density at radius 1 is 1.03 bits per heavy atom. The van der Waals surface area contributed by atoms with Gasteiger partial charge in [0.05, 0.1) is 35.2 Å². The number of pyridine rings is 1. The standard InChI is InChI=1S/C26H25N7O/c1-16(2)31-22-11-17(7-8-21(22)26(27)34)25-20-5-4-6-24(19(20)9-10-28-25)33-14-23(29-15-33)18-12-30-32(3)13-18/h4-16,31H,1-3H3,(H2,27,34). The van der Waals surface area contributed by atoms with Crippen molar-refractivity contribution in [3.63, 3.8) is 0 Å². The zero-order valence-electron chi connectivity index (χ0n) is 19.2. The predicted molar refractivity (Wildman–Crippen MR) is 134 cm³/mol. The minimum absolute atomic E-state index is 0.149. The molecule has 1 amide bonds. The molecule has 3 N–H and O–H groups in total. The zero-order chi connectivity index (χ0) is 23.8. The van der Waals surface area contributed by atoms with Gasteiger partial charge in [0, 0.05) is 59.3 Å². The molecule has 2 aromatic carbocycles. The molecule has 3 aromatic heterocycles. The summed E-state index contributed by atoms with van der Waals surface area (Å²) in [6, 6.07) is 13.9. The summed E-state index contributed by atoms with van der Waals surface area (Å²) >= 11 is 0. The van der Waals surface area contributed by atoms with Gasteiger partial charge in [-0.15, -0.1) is 0 Å². The van der Waals surface area contributed by atoms with E-state index in [-0.39, 0.29) is 6.04 Å². The van der Waals surface area contributed by atoms with Crippen LogP contribution in [0.5, 0.6) is 0 Å². The summed E-state index contributed by atoms with van der Waals surface area (Å²) in [7, 11) is 1.89. The first-order valence-corrected chi connectivity index (χ1v) is 11.0. The molecule has 0 saturated heterocycles. The highest BCUT2D eigenvalue weighted by molar-refractivity contribution is 6.02. The number of benzene rings is 2. The van der Waals surface area contributed by atoms with Crippen LogP contribution < -0.4 is 11.1 Å². The Bertz CT molecular complexity index is 1510. The van der Waals surface area contributed by atoms with Gasteiger partial charge in [-0.1, -0.05) is 18.2 Å². The number of nitrogens with one attached hydrogen (secondary N) is 1. The monoisotopic (exact) mass is 451 g/mol. The molecule has 0 radical (unpaired) electrons. The molecule has 0 bridgehead atoms. The van der Waals surface area contributed by atoms with Gasteiger partial charge in [0.15, 0.2) is 0 Å². The minimum Gasteiger partial charge on any atom is -0.382 e. The number of aryl methyl sites for hydroxylation is 1. The number of carbonyl (C=O) groups is 1. The van der Waals surface area contributed by atoms with Gasteiger partial charge >= 0.3 is 0 Å². The Morgan fingerprint density at radius 3 is 2.62 bits per heavy atom. The Morgan fingerprint density at radius 2 is 1.88 bits per heavy atom. The molecule has 0 fully saturated rings. The average Bonchev–Trinajstić information content (AvgIpc) is 3.47. The van der Waals surface area contributed by atoms with Crippen molar-refractivity contribution in [3.05, 3.63) is 79.1 Å². The van der Waals surface area contributed by atoms with Crippen molar-refractivity contribution in [2.75, 3.05) is 5.32 Å². The minimum atomic E-state index is -0.465. The predicted octanol–water partition coefficient (Wildman–Crippen LogP) is 4.41. The highest BCUT2D eigenvalue weighted by Crippen LogP contribution is 2.33. The molecule has 0 aliphatic heterocycles. The lowest BCUT2D eigenvalue weighted by molar-refractivity contribution is 0.100. The SMILES string of the molecule is CC(C)Nc1cc(-c2nccc3c(-n4cnc(-c5cnn(C)c5)c4)cccc23)ccc1C(N)=O. The molecule has 170 valence electrons. The van der Waals surface area contributed by atoms with E-state index in [2.05, 4.69) is 32.5 Å². The number of nitrogens with zero attached hydrogens (tertiary/aromatic N) is 5. The summed E-state index contributed by atoms with van der Waals surface area (Å²) in [6.45, 7) is 4.04. The van der Waals surface area contributed by atoms with Crippen molar-refractivity contribution in [3.8, 4) is 28.2 Å². The van der Waals surface area contributed by atoms with Crippen LogP contribution in [0.4, 0.5) is 5.69 Å². The van der Waals surface area contributed by atoms with E-state index in [0.29, 0.717) is 11.3 Å². The van der Waals surface area contributed by atoms with Crippen molar-refractivity contribution >= 4 is 22.4 Å². The van der Waals surface area contributed by atoms with E-state index in [1.54, 1.807) is 23.1 Å². The average molecular weight is 452 g/mol. The van der Waals surface area contributed by atoms with Crippen LogP contribution in [0.15, 0.2) is 73.6 Å². The fourth-order valence-electron chi connectivity index (χ4n) is 4.14. The van der Waals surface area contributed by atoms with E-state index in [0.717, 1.165) is 39.0 Å². The molecule has 5 aromatic rings. The number of hydrogen-bond acceptors (Lipinski definition) is 5. The quantitative estimate of drug-likeness (QED) is 0.398. The highest BCUT2D eigenvalue weighted by atomic mass is 16.1. The van der Waals surface area contributed by atoms with Crippen LogP contribution in [0.25, 0.3) is 39.0 Å². The van der Waals surface area contributed by atoms with Crippen LogP contribution in [-0.2, 0) is 7.05 Å².